The Labute approximate surface area is 158 Å². The number of methoxy groups -OCH3 is 1. The molecular formula is C22H20ClNO2. The number of halogens is 1. The lowest BCUT2D eigenvalue weighted by Gasteiger charge is -2.20. The molecule has 0 saturated carbocycles. The normalized spacial score (nSPS) is 11.6. The fourth-order valence-corrected chi connectivity index (χ4v) is 3.03. The molecule has 26 heavy (non-hydrogen) atoms. The Morgan fingerprint density at radius 1 is 0.962 bits per heavy atom. The highest BCUT2D eigenvalue weighted by molar-refractivity contribution is 6.30. The number of carbonyl (C=O) groups is 1. The lowest BCUT2D eigenvalue weighted by Crippen LogP contribution is -2.30. The van der Waals surface area contributed by atoms with E-state index in [2.05, 4.69) is 5.32 Å². The van der Waals surface area contributed by atoms with Crippen LogP contribution in [0.1, 0.15) is 22.7 Å². The molecule has 3 aromatic rings. The van der Waals surface area contributed by atoms with Crippen LogP contribution in [0.3, 0.4) is 0 Å². The van der Waals surface area contributed by atoms with Crippen molar-refractivity contribution in [3.8, 4) is 5.75 Å². The lowest BCUT2D eigenvalue weighted by molar-refractivity contribution is -0.120. The van der Waals surface area contributed by atoms with E-state index in [1.165, 1.54) is 0 Å². The van der Waals surface area contributed by atoms with Crippen LogP contribution in [0.15, 0.2) is 78.9 Å². The van der Waals surface area contributed by atoms with Gasteiger partial charge < -0.3 is 10.1 Å². The minimum atomic E-state index is -0.249. The molecule has 3 aromatic carbocycles. The van der Waals surface area contributed by atoms with Crippen LogP contribution in [-0.4, -0.2) is 13.0 Å². The number of ether oxygens (including phenoxy) is 1. The number of nitrogens with one attached hydrogen (secondary N) is 1. The number of rotatable bonds is 6. The first kappa shape index (κ1) is 18.0. The first-order valence-electron chi connectivity index (χ1n) is 8.38. The molecule has 3 rings (SSSR count). The minimum Gasteiger partial charge on any atom is -0.497 e. The maximum absolute atomic E-state index is 12.6. The van der Waals surface area contributed by atoms with E-state index in [4.69, 9.17) is 16.3 Å². The second-order valence-electron chi connectivity index (χ2n) is 5.99. The van der Waals surface area contributed by atoms with Crippen molar-refractivity contribution in [3.63, 3.8) is 0 Å². The molecule has 0 aromatic heterocycles. The smallest absolute Gasteiger partial charge is 0.225 e. The van der Waals surface area contributed by atoms with E-state index < -0.39 is 0 Å². The van der Waals surface area contributed by atoms with Crippen LogP contribution < -0.4 is 10.1 Å². The Morgan fingerprint density at radius 2 is 1.65 bits per heavy atom. The maximum Gasteiger partial charge on any atom is 0.225 e. The molecule has 0 aliphatic rings. The lowest BCUT2D eigenvalue weighted by atomic mass is 9.98. The summed E-state index contributed by atoms with van der Waals surface area (Å²) in [5, 5.41) is 3.77. The highest BCUT2D eigenvalue weighted by Crippen LogP contribution is 2.24. The van der Waals surface area contributed by atoms with Gasteiger partial charge in [0, 0.05) is 5.02 Å². The second kappa shape index (κ2) is 8.54. The SMILES string of the molecule is COc1ccc(CC(=O)NC(c2ccccc2)c2cccc(Cl)c2)cc1. The Hall–Kier alpha value is -2.78. The number of hydrogen-bond donors (Lipinski definition) is 1. The summed E-state index contributed by atoms with van der Waals surface area (Å²) < 4.78 is 5.15. The van der Waals surface area contributed by atoms with Crippen LogP contribution in [0.25, 0.3) is 0 Å². The zero-order valence-corrected chi connectivity index (χ0v) is 15.2. The van der Waals surface area contributed by atoms with Gasteiger partial charge in [0.1, 0.15) is 5.75 Å². The molecule has 0 aliphatic heterocycles. The quantitative estimate of drug-likeness (QED) is 0.681. The zero-order valence-electron chi connectivity index (χ0n) is 14.5. The topological polar surface area (TPSA) is 38.3 Å². The van der Waals surface area contributed by atoms with E-state index in [0.29, 0.717) is 11.4 Å². The zero-order chi connectivity index (χ0) is 18.4. The van der Waals surface area contributed by atoms with E-state index >= 15 is 0 Å². The van der Waals surface area contributed by atoms with Gasteiger partial charge in [0.05, 0.1) is 19.6 Å². The van der Waals surface area contributed by atoms with E-state index in [9.17, 15) is 4.79 Å². The summed E-state index contributed by atoms with van der Waals surface area (Å²) >= 11 is 6.15. The molecule has 1 N–H and O–H groups in total. The van der Waals surface area contributed by atoms with Gasteiger partial charge in [0.25, 0.3) is 0 Å². The molecule has 0 aliphatic carbocycles. The largest absolute Gasteiger partial charge is 0.497 e. The summed E-state index contributed by atoms with van der Waals surface area (Å²) in [4.78, 5) is 12.6. The van der Waals surface area contributed by atoms with Crippen molar-refractivity contribution in [2.45, 2.75) is 12.5 Å². The fraction of sp³-hybridized carbons (Fsp3) is 0.136. The van der Waals surface area contributed by atoms with Crippen molar-refractivity contribution in [1.82, 2.24) is 5.32 Å². The third-order valence-electron chi connectivity index (χ3n) is 4.14. The van der Waals surface area contributed by atoms with Crippen LogP contribution in [0, 0.1) is 0 Å². The summed E-state index contributed by atoms with van der Waals surface area (Å²) in [5.74, 6) is 0.722. The van der Waals surface area contributed by atoms with Crippen molar-refractivity contribution in [1.29, 1.82) is 0 Å². The van der Waals surface area contributed by atoms with Gasteiger partial charge in [-0.25, -0.2) is 0 Å². The molecule has 1 amide bonds. The van der Waals surface area contributed by atoms with Gasteiger partial charge in [0.15, 0.2) is 0 Å². The van der Waals surface area contributed by atoms with Gasteiger partial charge in [0.2, 0.25) is 5.91 Å². The molecule has 1 atom stereocenters. The summed E-state index contributed by atoms with van der Waals surface area (Å²) in [6.07, 6.45) is 0.299. The molecule has 0 heterocycles. The molecule has 0 fully saturated rings. The van der Waals surface area contributed by atoms with Gasteiger partial charge in [-0.2, -0.15) is 0 Å². The van der Waals surface area contributed by atoms with Crippen LogP contribution in [0.2, 0.25) is 5.02 Å². The Bertz CT molecular complexity index is 863. The first-order valence-corrected chi connectivity index (χ1v) is 8.76. The highest BCUT2D eigenvalue weighted by Gasteiger charge is 2.17. The van der Waals surface area contributed by atoms with Gasteiger partial charge >= 0.3 is 0 Å². The average Bonchev–Trinajstić information content (AvgIpc) is 2.67. The van der Waals surface area contributed by atoms with Gasteiger partial charge in [-0.1, -0.05) is 66.2 Å². The molecule has 3 nitrogen and oxygen atoms in total. The van der Waals surface area contributed by atoms with Crippen LogP contribution in [-0.2, 0) is 11.2 Å². The molecular weight excluding hydrogens is 346 g/mol. The highest BCUT2D eigenvalue weighted by atomic mass is 35.5. The number of hydrogen-bond acceptors (Lipinski definition) is 2. The molecule has 0 bridgehead atoms. The minimum absolute atomic E-state index is 0.0519. The van der Waals surface area contributed by atoms with Crippen molar-refractivity contribution < 1.29 is 9.53 Å². The average molecular weight is 366 g/mol. The maximum atomic E-state index is 12.6. The Balaban J connectivity index is 1.79. The van der Waals surface area contributed by atoms with Gasteiger partial charge in [-0.15, -0.1) is 0 Å². The van der Waals surface area contributed by atoms with Crippen molar-refractivity contribution in [2.24, 2.45) is 0 Å². The number of benzene rings is 3. The summed E-state index contributed by atoms with van der Waals surface area (Å²) in [6, 6.07) is 24.7. The predicted molar refractivity (Wildman–Crippen MR) is 105 cm³/mol. The van der Waals surface area contributed by atoms with Crippen LogP contribution in [0.4, 0.5) is 0 Å². The van der Waals surface area contributed by atoms with E-state index in [1.807, 2.05) is 78.9 Å². The third-order valence-corrected chi connectivity index (χ3v) is 4.38. The fourth-order valence-electron chi connectivity index (χ4n) is 2.83. The second-order valence-corrected chi connectivity index (χ2v) is 6.43. The standard InChI is InChI=1S/C22H20ClNO2/c1-26-20-12-10-16(11-13-20)14-21(25)24-22(17-6-3-2-4-7-17)18-8-5-9-19(23)15-18/h2-13,15,22H,14H2,1H3,(H,24,25). The van der Waals surface area contributed by atoms with E-state index in [1.54, 1.807) is 7.11 Å². The summed E-state index contributed by atoms with van der Waals surface area (Å²) in [7, 11) is 1.62. The van der Waals surface area contributed by atoms with Crippen molar-refractivity contribution in [2.75, 3.05) is 7.11 Å². The predicted octanol–water partition coefficient (Wildman–Crippen LogP) is 4.80. The van der Waals surface area contributed by atoms with Gasteiger partial charge in [-0.3, -0.25) is 4.79 Å². The molecule has 0 saturated heterocycles. The summed E-state index contributed by atoms with van der Waals surface area (Å²) in [5.41, 5.74) is 2.89. The monoisotopic (exact) mass is 365 g/mol. The van der Waals surface area contributed by atoms with Crippen molar-refractivity contribution in [3.05, 3.63) is 101 Å². The van der Waals surface area contributed by atoms with Crippen LogP contribution >= 0.6 is 11.6 Å². The molecule has 4 heteroatoms. The molecule has 0 spiro atoms. The first-order chi connectivity index (χ1) is 12.7. The Morgan fingerprint density at radius 3 is 2.31 bits per heavy atom. The Kier molecular flexibility index (Phi) is 5.92. The molecule has 0 radical (unpaired) electrons. The molecule has 132 valence electrons. The third kappa shape index (κ3) is 4.64. The summed E-state index contributed by atoms with van der Waals surface area (Å²) in [6.45, 7) is 0. The van der Waals surface area contributed by atoms with Gasteiger partial charge in [-0.05, 0) is 41.0 Å². The number of amides is 1. The van der Waals surface area contributed by atoms with Crippen LogP contribution in [0.5, 0.6) is 5.75 Å². The number of carbonyl (C=O) groups excluding carboxylic acids is 1. The molecule has 1 unspecified atom stereocenters. The van der Waals surface area contributed by atoms with E-state index in [0.717, 1.165) is 22.4 Å². The van der Waals surface area contributed by atoms with Crippen molar-refractivity contribution >= 4 is 17.5 Å². The van der Waals surface area contributed by atoms with E-state index in [-0.39, 0.29) is 11.9 Å².